The van der Waals surface area contributed by atoms with Crippen molar-refractivity contribution in [2.45, 2.75) is 0 Å². The van der Waals surface area contributed by atoms with Gasteiger partial charge >= 0.3 is 0 Å². The summed E-state index contributed by atoms with van der Waals surface area (Å²) in [5, 5.41) is 3.49. The van der Waals surface area contributed by atoms with Crippen molar-refractivity contribution >= 4 is 38.7 Å². The topological polar surface area (TPSA) is 34.0 Å². The lowest BCUT2D eigenvalue weighted by molar-refractivity contribution is 1.05. The first-order valence-electron chi connectivity index (χ1n) is 18.9. The second-order valence-electron chi connectivity index (χ2n) is 13.9. The van der Waals surface area contributed by atoms with Gasteiger partial charge in [-0.05, 0) is 88.3 Å². The second-order valence-corrected chi connectivity index (χ2v) is 13.9. The number of hydrogen-bond donors (Lipinski definition) is 0. The molecule has 0 saturated heterocycles. The molecule has 0 radical (unpaired) electrons. The standard InChI is InChI=1S/C52H36N4/c1-4-17-37(18-5-1)41-33-42(47-26-12-14-31-53-47)35-44(34-41)55(48-27-16-24-38-19-10-11-25-45(38)48)43-29-30-46-49(36-43)56(50-28-13-15-32-54-50)52(40-22-8-3-9-23-40)51(46)39-20-6-2-7-21-39/h1-36H. The number of benzene rings is 7. The van der Waals surface area contributed by atoms with Crippen LogP contribution in [-0.2, 0) is 0 Å². The molecule has 264 valence electrons. The van der Waals surface area contributed by atoms with Crippen LogP contribution in [0.5, 0.6) is 0 Å². The first-order valence-corrected chi connectivity index (χ1v) is 18.9. The zero-order valence-corrected chi connectivity index (χ0v) is 30.6. The highest BCUT2D eigenvalue weighted by atomic mass is 15.1. The zero-order chi connectivity index (χ0) is 37.3. The quantitative estimate of drug-likeness (QED) is 0.157. The highest BCUT2D eigenvalue weighted by Gasteiger charge is 2.24. The Kier molecular flexibility index (Phi) is 8.47. The number of nitrogens with zero attached hydrogens (tertiary/aromatic N) is 4. The molecule has 0 N–H and O–H groups in total. The fourth-order valence-electron chi connectivity index (χ4n) is 7.96. The van der Waals surface area contributed by atoms with Crippen LogP contribution in [0.1, 0.15) is 0 Å². The van der Waals surface area contributed by atoms with E-state index < -0.39 is 0 Å². The lowest BCUT2D eigenvalue weighted by Gasteiger charge is -2.28. The zero-order valence-electron chi connectivity index (χ0n) is 30.6. The average molecular weight is 717 g/mol. The van der Waals surface area contributed by atoms with E-state index in [0.717, 1.165) is 78.4 Å². The van der Waals surface area contributed by atoms with Crippen LogP contribution in [-0.4, -0.2) is 14.5 Å². The van der Waals surface area contributed by atoms with Gasteiger partial charge in [0.25, 0.3) is 0 Å². The van der Waals surface area contributed by atoms with E-state index in [4.69, 9.17) is 9.97 Å². The molecule has 10 aromatic rings. The minimum absolute atomic E-state index is 0.857. The molecule has 7 aromatic carbocycles. The summed E-state index contributed by atoms with van der Waals surface area (Å²) in [5.74, 6) is 0.857. The van der Waals surface area contributed by atoms with Crippen molar-refractivity contribution < 1.29 is 0 Å². The van der Waals surface area contributed by atoms with Gasteiger partial charge in [0.2, 0.25) is 0 Å². The van der Waals surface area contributed by atoms with Gasteiger partial charge in [-0.1, -0.05) is 146 Å². The molecule has 0 bridgehead atoms. The lowest BCUT2D eigenvalue weighted by atomic mass is 9.97. The van der Waals surface area contributed by atoms with Gasteiger partial charge in [0.15, 0.2) is 0 Å². The average Bonchev–Trinajstić information content (AvgIpc) is 3.63. The molecular weight excluding hydrogens is 681 g/mol. The summed E-state index contributed by atoms with van der Waals surface area (Å²) in [6.07, 6.45) is 3.74. The van der Waals surface area contributed by atoms with Crippen molar-refractivity contribution in [1.29, 1.82) is 0 Å². The van der Waals surface area contributed by atoms with Gasteiger partial charge in [-0.3, -0.25) is 9.55 Å². The van der Waals surface area contributed by atoms with Crippen molar-refractivity contribution in [3.63, 3.8) is 0 Å². The number of anilines is 3. The predicted molar refractivity (Wildman–Crippen MR) is 233 cm³/mol. The Balaban J connectivity index is 1.30. The monoisotopic (exact) mass is 716 g/mol. The molecule has 0 spiro atoms. The van der Waals surface area contributed by atoms with E-state index in [-0.39, 0.29) is 0 Å². The summed E-state index contributed by atoms with van der Waals surface area (Å²) in [4.78, 5) is 12.2. The molecule has 56 heavy (non-hydrogen) atoms. The van der Waals surface area contributed by atoms with E-state index in [1.165, 1.54) is 10.9 Å². The number of aromatic nitrogens is 3. The molecule has 0 aliphatic carbocycles. The van der Waals surface area contributed by atoms with Crippen LogP contribution < -0.4 is 4.90 Å². The molecule has 0 aliphatic rings. The fraction of sp³-hybridized carbons (Fsp3) is 0. The van der Waals surface area contributed by atoms with Crippen LogP contribution in [0.15, 0.2) is 219 Å². The molecule has 3 aromatic heterocycles. The van der Waals surface area contributed by atoms with Crippen molar-refractivity contribution in [3.05, 3.63) is 219 Å². The number of fused-ring (bicyclic) bond motifs is 2. The van der Waals surface area contributed by atoms with E-state index in [9.17, 15) is 0 Å². The minimum Gasteiger partial charge on any atom is -0.310 e. The number of rotatable bonds is 8. The molecule has 0 aliphatic heterocycles. The highest BCUT2D eigenvalue weighted by Crippen LogP contribution is 2.47. The number of hydrogen-bond acceptors (Lipinski definition) is 3. The summed E-state index contributed by atoms with van der Waals surface area (Å²) < 4.78 is 2.33. The summed E-state index contributed by atoms with van der Waals surface area (Å²) in [6, 6.07) is 73.1. The van der Waals surface area contributed by atoms with Crippen molar-refractivity contribution in [1.82, 2.24) is 14.5 Å². The first kappa shape index (κ1) is 33.0. The first-order chi connectivity index (χ1) is 27.8. The maximum Gasteiger partial charge on any atom is 0.137 e. The van der Waals surface area contributed by atoms with E-state index in [2.05, 4.69) is 198 Å². The molecule has 0 fully saturated rings. The van der Waals surface area contributed by atoms with Gasteiger partial charge < -0.3 is 4.90 Å². The third-order valence-electron chi connectivity index (χ3n) is 10.4. The van der Waals surface area contributed by atoms with Crippen LogP contribution in [0.25, 0.3) is 72.3 Å². The van der Waals surface area contributed by atoms with Gasteiger partial charge in [-0.2, -0.15) is 0 Å². The second kappa shape index (κ2) is 14.3. The largest absolute Gasteiger partial charge is 0.310 e. The summed E-state index contributed by atoms with van der Waals surface area (Å²) in [7, 11) is 0. The molecule has 4 heteroatoms. The van der Waals surface area contributed by atoms with Gasteiger partial charge in [0, 0.05) is 45.7 Å². The molecule has 0 saturated carbocycles. The minimum atomic E-state index is 0.857. The maximum absolute atomic E-state index is 4.96. The molecule has 10 rings (SSSR count). The van der Waals surface area contributed by atoms with Crippen LogP contribution in [0.4, 0.5) is 17.1 Å². The van der Waals surface area contributed by atoms with Gasteiger partial charge in [-0.15, -0.1) is 0 Å². The third kappa shape index (κ3) is 6.00. The van der Waals surface area contributed by atoms with Gasteiger partial charge in [0.05, 0.1) is 22.6 Å². The van der Waals surface area contributed by atoms with E-state index in [0.29, 0.717) is 0 Å². The maximum atomic E-state index is 4.96. The van der Waals surface area contributed by atoms with Crippen LogP contribution in [0.3, 0.4) is 0 Å². The third-order valence-corrected chi connectivity index (χ3v) is 10.4. The summed E-state index contributed by atoms with van der Waals surface area (Å²) in [6.45, 7) is 0. The predicted octanol–water partition coefficient (Wildman–Crippen LogP) is 13.7. The summed E-state index contributed by atoms with van der Waals surface area (Å²) >= 11 is 0. The Morgan fingerprint density at radius 2 is 1.04 bits per heavy atom. The SMILES string of the molecule is c1ccc(-c2cc(-c3ccccn3)cc(N(c3ccc4c(-c5ccccc5)c(-c5ccccc5)n(-c5ccccn5)c4c3)c3cccc4ccccc34)c2)cc1. The molecule has 4 nitrogen and oxygen atoms in total. The highest BCUT2D eigenvalue weighted by molar-refractivity contribution is 6.08. The number of pyridine rings is 2. The van der Waals surface area contributed by atoms with Crippen molar-refractivity contribution in [3.8, 4) is 50.6 Å². The normalized spacial score (nSPS) is 11.2. The molecular formula is C52H36N4. The Hall–Kier alpha value is -7.56. The smallest absolute Gasteiger partial charge is 0.137 e. The van der Waals surface area contributed by atoms with Crippen molar-refractivity contribution in [2.75, 3.05) is 4.90 Å². The summed E-state index contributed by atoms with van der Waals surface area (Å²) in [5.41, 5.74) is 13.0. The Labute approximate surface area is 326 Å². The van der Waals surface area contributed by atoms with E-state index in [1.54, 1.807) is 0 Å². The molecule has 3 heterocycles. The lowest BCUT2D eigenvalue weighted by Crippen LogP contribution is -2.11. The fourth-order valence-corrected chi connectivity index (χ4v) is 7.96. The van der Waals surface area contributed by atoms with Gasteiger partial charge in [-0.25, -0.2) is 4.98 Å². The Morgan fingerprint density at radius 3 is 1.77 bits per heavy atom. The van der Waals surface area contributed by atoms with Crippen LogP contribution in [0, 0.1) is 0 Å². The Bertz CT molecular complexity index is 2880. The molecule has 0 unspecified atom stereocenters. The van der Waals surface area contributed by atoms with Gasteiger partial charge in [0.1, 0.15) is 5.82 Å². The molecule has 0 amide bonds. The Morgan fingerprint density at radius 1 is 0.393 bits per heavy atom. The van der Waals surface area contributed by atoms with Crippen LogP contribution >= 0.6 is 0 Å². The van der Waals surface area contributed by atoms with E-state index in [1.807, 2.05) is 30.6 Å². The van der Waals surface area contributed by atoms with Crippen molar-refractivity contribution in [2.24, 2.45) is 0 Å². The van der Waals surface area contributed by atoms with Crippen LogP contribution in [0.2, 0.25) is 0 Å². The van der Waals surface area contributed by atoms with E-state index >= 15 is 0 Å². The molecule has 0 atom stereocenters.